The molecule has 1 saturated heterocycles. The fourth-order valence-corrected chi connectivity index (χ4v) is 3.13. The molecule has 1 N–H and O–H groups in total. The van der Waals surface area contributed by atoms with Gasteiger partial charge in [0.1, 0.15) is 0 Å². The lowest BCUT2D eigenvalue weighted by Gasteiger charge is -2.43. The summed E-state index contributed by atoms with van der Waals surface area (Å²) in [6.45, 7) is 12.4. The molecular formula is C16H32N2O. The minimum atomic E-state index is 0.452. The molecule has 1 atom stereocenters. The van der Waals surface area contributed by atoms with E-state index in [9.17, 15) is 0 Å². The number of nitrogens with one attached hydrogen (secondary N) is 1. The van der Waals surface area contributed by atoms with Crippen molar-refractivity contribution in [2.24, 2.45) is 5.41 Å². The molecule has 1 heterocycles. The summed E-state index contributed by atoms with van der Waals surface area (Å²) in [6, 6.07) is 1.45. The molecule has 19 heavy (non-hydrogen) atoms. The maximum absolute atomic E-state index is 5.64. The Bertz CT molecular complexity index is 261. The molecule has 0 radical (unpaired) electrons. The molecule has 0 aromatic rings. The van der Waals surface area contributed by atoms with Crippen molar-refractivity contribution in [3.63, 3.8) is 0 Å². The molecule has 0 amide bonds. The highest BCUT2D eigenvalue weighted by atomic mass is 16.5. The second kappa shape index (κ2) is 7.05. The summed E-state index contributed by atoms with van der Waals surface area (Å²) < 4.78 is 5.64. The van der Waals surface area contributed by atoms with Gasteiger partial charge in [0.2, 0.25) is 0 Å². The van der Waals surface area contributed by atoms with Crippen LogP contribution in [-0.4, -0.2) is 49.8 Å². The molecule has 0 aromatic carbocycles. The summed E-state index contributed by atoms with van der Waals surface area (Å²) in [5, 5.41) is 3.76. The largest absolute Gasteiger partial charge is 0.378 e. The van der Waals surface area contributed by atoms with E-state index in [4.69, 9.17) is 4.74 Å². The lowest BCUT2D eigenvalue weighted by molar-refractivity contribution is -0.0297. The first-order valence-electron chi connectivity index (χ1n) is 8.28. The van der Waals surface area contributed by atoms with E-state index < -0.39 is 0 Å². The topological polar surface area (TPSA) is 24.5 Å². The maximum atomic E-state index is 5.64. The molecule has 3 heteroatoms. The van der Waals surface area contributed by atoms with E-state index in [1.54, 1.807) is 0 Å². The molecule has 1 unspecified atom stereocenters. The van der Waals surface area contributed by atoms with Gasteiger partial charge in [0, 0.05) is 31.7 Å². The second-order valence-electron chi connectivity index (χ2n) is 6.47. The van der Waals surface area contributed by atoms with E-state index in [-0.39, 0.29) is 0 Å². The predicted molar refractivity (Wildman–Crippen MR) is 80.5 cm³/mol. The van der Waals surface area contributed by atoms with E-state index in [2.05, 4.69) is 31.0 Å². The zero-order valence-corrected chi connectivity index (χ0v) is 13.1. The highest BCUT2D eigenvalue weighted by Crippen LogP contribution is 2.30. The van der Waals surface area contributed by atoms with Gasteiger partial charge in [-0.15, -0.1) is 0 Å². The van der Waals surface area contributed by atoms with Crippen LogP contribution in [-0.2, 0) is 4.74 Å². The van der Waals surface area contributed by atoms with Crippen molar-refractivity contribution in [1.82, 2.24) is 10.2 Å². The second-order valence-corrected chi connectivity index (χ2v) is 6.47. The third-order valence-corrected chi connectivity index (χ3v) is 5.20. The summed E-state index contributed by atoms with van der Waals surface area (Å²) in [7, 11) is 0. The van der Waals surface area contributed by atoms with Crippen LogP contribution in [0.4, 0.5) is 0 Å². The summed E-state index contributed by atoms with van der Waals surface area (Å²) >= 11 is 0. The monoisotopic (exact) mass is 268 g/mol. The van der Waals surface area contributed by atoms with Gasteiger partial charge in [-0.05, 0) is 37.5 Å². The molecule has 2 aliphatic rings. The first kappa shape index (κ1) is 15.3. The average Bonchev–Trinajstić information content (AvgIpc) is 3.28. The van der Waals surface area contributed by atoms with E-state index in [0.29, 0.717) is 11.5 Å². The minimum Gasteiger partial charge on any atom is -0.378 e. The SMILES string of the molecule is CCC1COCCN1CC(CC)(CC)CNC1CC1. The lowest BCUT2D eigenvalue weighted by atomic mass is 9.81. The van der Waals surface area contributed by atoms with Gasteiger partial charge in [-0.1, -0.05) is 20.8 Å². The van der Waals surface area contributed by atoms with Crippen molar-refractivity contribution >= 4 is 0 Å². The molecule has 0 bridgehead atoms. The molecule has 0 aromatic heterocycles. The third kappa shape index (κ3) is 4.17. The normalized spacial score (nSPS) is 25.7. The van der Waals surface area contributed by atoms with Gasteiger partial charge in [0.05, 0.1) is 13.2 Å². The van der Waals surface area contributed by atoms with Gasteiger partial charge < -0.3 is 10.1 Å². The smallest absolute Gasteiger partial charge is 0.0622 e. The van der Waals surface area contributed by atoms with Crippen LogP contribution in [0.3, 0.4) is 0 Å². The fourth-order valence-electron chi connectivity index (χ4n) is 3.13. The summed E-state index contributed by atoms with van der Waals surface area (Å²) in [5.41, 5.74) is 0.452. The molecule has 0 spiro atoms. The van der Waals surface area contributed by atoms with Gasteiger partial charge in [-0.25, -0.2) is 0 Å². The van der Waals surface area contributed by atoms with Crippen molar-refractivity contribution in [2.75, 3.05) is 32.8 Å². The van der Waals surface area contributed by atoms with Crippen LogP contribution in [0.15, 0.2) is 0 Å². The van der Waals surface area contributed by atoms with Crippen LogP contribution in [0.25, 0.3) is 0 Å². The van der Waals surface area contributed by atoms with Crippen LogP contribution in [0.5, 0.6) is 0 Å². The molecular weight excluding hydrogens is 236 g/mol. The molecule has 1 saturated carbocycles. The summed E-state index contributed by atoms with van der Waals surface area (Å²) in [6.07, 6.45) is 6.53. The van der Waals surface area contributed by atoms with E-state index in [0.717, 1.165) is 25.8 Å². The van der Waals surface area contributed by atoms with E-state index in [1.165, 1.54) is 45.2 Å². The van der Waals surface area contributed by atoms with Crippen LogP contribution in [0, 0.1) is 5.41 Å². The van der Waals surface area contributed by atoms with E-state index in [1.807, 2.05) is 0 Å². The van der Waals surface area contributed by atoms with Crippen LogP contribution >= 0.6 is 0 Å². The highest BCUT2D eigenvalue weighted by molar-refractivity contribution is 4.90. The standard InChI is InChI=1S/C16H32N2O/c1-4-15-11-19-10-9-18(15)13-16(5-2,6-3)12-17-14-7-8-14/h14-15,17H,4-13H2,1-3H3. The van der Waals surface area contributed by atoms with Gasteiger partial charge in [-0.2, -0.15) is 0 Å². The number of ether oxygens (including phenoxy) is 1. The zero-order chi connectivity index (χ0) is 13.7. The molecule has 2 fully saturated rings. The number of morpholine rings is 1. The number of hydrogen-bond donors (Lipinski definition) is 1. The van der Waals surface area contributed by atoms with E-state index >= 15 is 0 Å². The minimum absolute atomic E-state index is 0.452. The summed E-state index contributed by atoms with van der Waals surface area (Å²) in [4.78, 5) is 2.69. The predicted octanol–water partition coefficient (Wildman–Crippen LogP) is 2.66. The first-order chi connectivity index (χ1) is 9.23. The van der Waals surface area contributed by atoms with Crippen molar-refractivity contribution < 1.29 is 4.74 Å². The first-order valence-corrected chi connectivity index (χ1v) is 8.28. The zero-order valence-electron chi connectivity index (χ0n) is 13.1. The Hall–Kier alpha value is -0.120. The quantitative estimate of drug-likeness (QED) is 0.732. The Kier molecular flexibility index (Phi) is 5.67. The van der Waals surface area contributed by atoms with Crippen molar-refractivity contribution in [3.05, 3.63) is 0 Å². The van der Waals surface area contributed by atoms with Gasteiger partial charge >= 0.3 is 0 Å². The van der Waals surface area contributed by atoms with Crippen LogP contribution < -0.4 is 5.32 Å². The number of nitrogens with zero attached hydrogens (tertiary/aromatic N) is 1. The van der Waals surface area contributed by atoms with Crippen LogP contribution in [0.1, 0.15) is 52.9 Å². The molecule has 1 aliphatic heterocycles. The number of rotatable bonds is 8. The Morgan fingerprint density at radius 3 is 2.53 bits per heavy atom. The lowest BCUT2D eigenvalue weighted by Crippen LogP contribution is -2.52. The molecule has 2 rings (SSSR count). The Morgan fingerprint density at radius 1 is 1.21 bits per heavy atom. The highest BCUT2D eigenvalue weighted by Gasteiger charge is 2.34. The Balaban J connectivity index is 1.92. The van der Waals surface area contributed by atoms with Gasteiger partial charge in [0.15, 0.2) is 0 Å². The molecule has 1 aliphatic carbocycles. The average molecular weight is 268 g/mol. The Morgan fingerprint density at radius 2 is 1.95 bits per heavy atom. The Labute approximate surface area is 119 Å². The summed E-state index contributed by atoms with van der Waals surface area (Å²) in [5.74, 6) is 0. The molecule has 3 nitrogen and oxygen atoms in total. The van der Waals surface area contributed by atoms with Gasteiger partial charge in [-0.3, -0.25) is 4.90 Å². The number of hydrogen-bond acceptors (Lipinski definition) is 3. The molecule has 112 valence electrons. The van der Waals surface area contributed by atoms with Crippen molar-refractivity contribution in [3.8, 4) is 0 Å². The maximum Gasteiger partial charge on any atom is 0.0622 e. The van der Waals surface area contributed by atoms with Crippen LogP contribution in [0.2, 0.25) is 0 Å². The van der Waals surface area contributed by atoms with Crippen molar-refractivity contribution in [1.29, 1.82) is 0 Å². The van der Waals surface area contributed by atoms with Gasteiger partial charge in [0.25, 0.3) is 0 Å². The van der Waals surface area contributed by atoms with Crippen molar-refractivity contribution in [2.45, 2.75) is 65.0 Å². The fraction of sp³-hybridized carbons (Fsp3) is 1.00. The third-order valence-electron chi connectivity index (χ3n) is 5.20.